The molecule has 3 aromatic rings. The topological polar surface area (TPSA) is 144 Å². The maximum atomic E-state index is 12.5. The summed E-state index contributed by atoms with van der Waals surface area (Å²) in [5.41, 5.74) is 8.85. The molecule has 2 N–H and O–H groups in total. The van der Waals surface area contributed by atoms with Gasteiger partial charge in [0.15, 0.2) is 17.6 Å². The second kappa shape index (κ2) is 10.6. The highest BCUT2D eigenvalue weighted by Crippen LogP contribution is 2.26. The molecule has 0 spiro atoms. The van der Waals surface area contributed by atoms with E-state index in [4.69, 9.17) is 25.2 Å². The molecule has 0 saturated carbocycles. The van der Waals surface area contributed by atoms with Crippen LogP contribution in [0.1, 0.15) is 19.5 Å². The van der Waals surface area contributed by atoms with Gasteiger partial charge in [0.05, 0.1) is 24.6 Å². The Morgan fingerprint density at radius 2 is 1.76 bits per heavy atom. The number of carbonyl (C=O) groups is 2. The van der Waals surface area contributed by atoms with Gasteiger partial charge in [0.2, 0.25) is 5.95 Å². The van der Waals surface area contributed by atoms with Gasteiger partial charge in [-0.2, -0.15) is 0 Å². The van der Waals surface area contributed by atoms with E-state index in [0.29, 0.717) is 45.9 Å². The molecule has 2 aliphatic heterocycles. The summed E-state index contributed by atoms with van der Waals surface area (Å²) in [6.07, 6.45) is 6.51. The van der Waals surface area contributed by atoms with E-state index >= 15 is 0 Å². The minimum atomic E-state index is -0.769. The SMILES string of the molecule is CC(=O)O[C@@H](C)C(=O)N1CCN(Cc2cn3cc(-c4cnc(N)nc4)nc(N4CCOCC4)c3n2)CC1. The lowest BCUT2D eigenvalue weighted by atomic mass is 10.2. The van der Waals surface area contributed by atoms with Gasteiger partial charge in [0.25, 0.3) is 5.91 Å². The van der Waals surface area contributed by atoms with Crippen LogP contribution in [0.3, 0.4) is 0 Å². The normalized spacial score (nSPS) is 17.7. The zero-order valence-electron chi connectivity index (χ0n) is 21.0. The minimum Gasteiger partial charge on any atom is -0.453 e. The molecule has 13 nitrogen and oxygen atoms in total. The van der Waals surface area contributed by atoms with Crippen LogP contribution in [0.25, 0.3) is 16.9 Å². The van der Waals surface area contributed by atoms with Crippen molar-refractivity contribution in [2.45, 2.75) is 26.5 Å². The third-order valence-electron chi connectivity index (χ3n) is 6.51. The van der Waals surface area contributed by atoms with Gasteiger partial charge in [-0.3, -0.25) is 14.5 Å². The van der Waals surface area contributed by atoms with Crippen molar-refractivity contribution in [2.75, 3.05) is 63.1 Å². The Morgan fingerprint density at radius 1 is 1.05 bits per heavy atom. The number of fused-ring (bicyclic) bond motifs is 1. The molecule has 0 radical (unpaired) electrons. The molecule has 0 bridgehead atoms. The molecule has 5 rings (SSSR count). The summed E-state index contributed by atoms with van der Waals surface area (Å²) in [6, 6.07) is 0. The Kier molecular flexibility index (Phi) is 7.15. The number of piperazine rings is 1. The van der Waals surface area contributed by atoms with Gasteiger partial charge in [-0.15, -0.1) is 0 Å². The van der Waals surface area contributed by atoms with Crippen molar-refractivity contribution in [3.63, 3.8) is 0 Å². The Labute approximate surface area is 214 Å². The number of anilines is 2. The number of aromatic nitrogens is 5. The Morgan fingerprint density at radius 3 is 2.43 bits per heavy atom. The van der Waals surface area contributed by atoms with Crippen LogP contribution in [0.15, 0.2) is 24.8 Å². The third kappa shape index (κ3) is 5.62. The summed E-state index contributed by atoms with van der Waals surface area (Å²) in [7, 11) is 0. The monoisotopic (exact) mass is 509 g/mol. The highest BCUT2D eigenvalue weighted by Gasteiger charge is 2.27. The summed E-state index contributed by atoms with van der Waals surface area (Å²) < 4.78 is 12.6. The molecular formula is C24H31N9O4. The lowest BCUT2D eigenvalue weighted by Gasteiger charge is -2.35. The number of esters is 1. The molecule has 13 heteroatoms. The van der Waals surface area contributed by atoms with Gasteiger partial charge in [0, 0.05) is 83.1 Å². The van der Waals surface area contributed by atoms with Gasteiger partial charge in [-0.05, 0) is 6.92 Å². The summed E-state index contributed by atoms with van der Waals surface area (Å²) in [5, 5.41) is 0. The van der Waals surface area contributed by atoms with Crippen LogP contribution in [0.5, 0.6) is 0 Å². The maximum Gasteiger partial charge on any atom is 0.303 e. The number of hydrogen-bond acceptors (Lipinski definition) is 11. The number of ether oxygens (including phenoxy) is 2. The standard InChI is InChI=1S/C24H31N9O4/c1-16(37-17(2)34)23(35)32-5-3-30(4-6-32)13-19-14-33-15-20(18-11-26-24(25)27-12-18)29-22(21(33)28-19)31-7-9-36-10-8-31/h11-12,14-16H,3-10,13H2,1-2H3,(H2,25,26,27)/t16-/m0/s1. The highest BCUT2D eigenvalue weighted by atomic mass is 16.5. The molecule has 1 amide bonds. The molecule has 0 unspecified atom stereocenters. The van der Waals surface area contributed by atoms with Crippen LogP contribution in [0.2, 0.25) is 0 Å². The van der Waals surface area contributed by atoms with Gasteiger partial charge in [-0.1, -0.05) is 0 Å². The van der Waals surface area contributed by atoms with Gasteiger partial charge in [0.1, 0.15) is 0 Å². The van der Waals surface area contributed by atoms with Gasteiger partial charge >= 0.3 is 5.97 Å². The second-order valence-corrected chi connectivity index (χ2v) is 9.20. The first-order valence-corrected chi connectivity index (χ1v) is 12.3. The first-order chi connectivity index (χ1) is 17.9. The van der Waals surface area contributed by atoms with Crippen molar-refractivity contribution < 1.29 is 19.1 Å². The van der Waals surface area contributed by atoms with Crippen molar-refractivity contribution in [3.05, 3.63) is 30.5 Å². The fourth-order valence-electron chi connectivity index (χ4n) is 4.62. The van der Waals surface area contributed by atoms with Crippen LogP contribution >= 0.6 is 0 Å². The minimum absolute atomic E-state index is 0.164. The fraction of sp³-hybridized carbons (Fsp3) is 0.500. The number of morpholine rings is 1. The smallest absolute Gasteiger partial charge is 0.303 e. The van der Waals surface area contributed by atoms with Crippen LogP contribution < -0.4 is 10.6 Å². The van der Waals surface area contributed by atoms with E-state index in [9.17, 15) is 9.59 Å². The average Bonchev–Trinajstić information content (AvgIpc) is 3.31. The summed E-state index contributed by atoms with van der Waals surface area (Å²) in [4.78, 5) is 48.0. The number of nitrogen functional groups attached to an aromatic ring is 1. The third-order valence-corrected chi connectivity index (χ3v) is 6.51. The van der Waals surface area contributed by atoms with E-state index in [1.807, 2.05) is 16.8 Å². The quantitative estimate of drug-likeness (QED) is 0.455. The van der Waals surface area contributed by atoms with E-state index < -0.39 is 12.1 Å². The van der Waals surface area contributed by atoms with Crippen molar-refractivity contribution in [3.8, 4) is 11.3 Å². The Bertz CT molecular complexity index is 1270. The number of nitrogens with two attached hydrogens (primary N) is 1. The number of imidazole rings is 1. The molecule has 37 heavy (non-hydrogen) atoms. The largest absolute Gasteiger partial charge is 0.453 e. The predicted octanol–water partition coefficient (Wildman–Crippen LogP) is 0.201. The zero-order valence-corrected chi connectivity index (χ0v) is 21.0. The Balaban J connectivity index is 1.34. The fourth-order valence-corrected chi connectivity index (χ4v) is 4.62. The number of rotatable bonds is 6. The molecule has 2 fully saturated rings. The zero-order chi connectivity index (χ0) is 25.9. The highest BCUT2D eigenvalue weighted by molar-refractivity contribution is 5.83. The predicted molar refractivity (Wildman–Crippen MR) is 135 cm³/mol. The molecule has 196 valence electrons. The molecule has 2 saturated heterocycles. The van der Waals surface area contributed by atoms with Crippen molar-refractivity contribution in [2.24, 2.45) is 0 Å². The molecule has 5 heterocycles. The number of nitrogens with zero attached hydrogens (tertiary/aromatic N) is 8. The summed E-state index contributed by atoms with van der Waals surface area (Å²) in [6.45, 7) is 8.84. The molecule has 3 aromatic heterocycles. The van der Waals surface area contributed by atoms with Crippen molar-refractivity contribution in [1.82, 2.24) is 34.1 Å². The number of amides is 1. The van der Waals surface area contributed by atoms with E-state index in [-0.39, 0.29) is 11.9 Å². The second-order valence-electron chi connectivity index (χ2n) is 9.20. The summed E-state index contributed by atoms with van der Waals surface area (Å²) in [5.74, 6) is 0.386. The van der Waals surface area contributed by atoms with Gasteiger partial charge in [-0.25, -0.2) is 19.9 Å². The summed E-state index contributed by atoms with van der Waals surface area (Å²) >= 11 is 0. The van der Waals surface area contributed by atoms with E-state index in [1.165, 1.54) is 6.92 Å². The average molecular weight is 510 g/mol. The van der Waals surface area contributed by atoms with E-state index in [1.54, 1.807) is 24.2 Å². The van der Waals surface area contributed by atoms with Gasteiger partial charge < -0.3 is 29.4 Å². The van der Waals surface area contributed by atoms with Crippen LogP contribution in [0.4, 0.5) is 11.8 Å². The molecule has 1 atom stereocenters. The first-order valence-electron chi connectivity index (χ1n) is 12.3. The van der Waals surface area contributed by atoms with Crippen LogP contribution in [-0.2, 0) is 25.6 Å². The molecule has 0 aromatic carbocycles. The lowest BCUT2D eigenvalue weighted by molar-refractivity contribution is -0.158. The van der Waals surface area contributed by atoms with Crippen molar-refractivity contribution in [1.29, 1.82) is 0 Å². The van der Waals surface area contributed by atoms with Crippen LogP contribution in [0, 0.1) is 0 Å². The Hall–Kier alpha value is -3.84. The molecule has 0 aliphatic carbocycles. The number of hydrogen-bond donors (Lipinski definition) is 1. The molecule has 2 aliphatic rings. The maximum absolute atomic E-state index is 12.5. The molecular weight excluding hydrogens is 478 g/mol. The number of carbonyl (C=O) groups excluding carboxylic acids is 2. The van der Waals surface area contributed by atoms with E-state index in [2.05, 4.69) is 19.8 Å². The van der Waals surface area contributed by atoms with E-state index in [0.717, 1.165) is 41.5 Å². The van der Waals surface area contributed by atoms with Crippen molar-refractivity contribution >= 4 is 29.3 Å². The lowest BCUT2D eigenvalue weighted by Crippen LogP contribution is -2.51. The van der Waals surface area contributed by atoms with Crippen LogP contribution in [-0.4, -0.2) is 105 Å². The first kappa shape index (κ1) is 24.8.